The summed E-state index contributed by atoms with van der Waals surface area (Å²) in [4.78, 5) is 12.2. The van der Waals surface area contributed by atoms with Crippen LogP contribution in [0.5, 0.6) is 0 Å². The molecule has 1 aliphatic rings. The second-order valence-electron chi connectivity index (χ2n) is 5.12. The van der Waals surface area contributed by atoms with Crippen molar-refractivity contribution in [3.8, 4) is 0 Å². The lowest BCUT2D eigenvalue weighted by Gasteiger charge is -2.42. The number of benzene rings is 1. The number of nitrogens with two attached hydrogens (primary N) is 1. The molecule has 7 nitrogen and oxygen atoms in total. The van der Waals surface area contributed by atoms with Crippen LogP contribution in [0, 0.1) is 0 Å². The summed E-state index contributed by atoms with van der Waals surface area (Å²) >= 11 is 1.27. The fraction of sp³-hybridized carbons (Fsp3) is 0.500. The van der Waals surface area contributed by atoms with E-state index in [2.05, 4.69) is 5.32 Å². The number of carbonyl (C=O) groups excluding carboxylic acids is 1. The van der Waals surface area contributed by atoms with E-state index in [1.54, 1.807) is 24.3 Å². The van der Waals surface area contributed by atoms with Crippen molar-refractivity contribution >= 4 is 23.4 Å². The highest BCUT2D eigenvalue weighted by atomic mass is 32.2. The molecule has 1 aromatic rings. The molecule has 1 heterocycles. The normalized spacial score (nSPS) is 31.7. The topological polar surface area (TPSA) is 125 Å². The van der Waals surface area contributed by atoms with Crippen LogP contribution < -0.4 is 11.1 Å². The van der Waals surface area contributed by atoms with E-state index in [9.17, 15) is 20.1 Å². The molecule has 1 saturated heterocycles. The summed E-state index contributed by atoms with van der Waals surface area (Å²) in [5, 5.41) is 32.0. The number of anilines is 1. The monoisotopic (exact) mass is 328 g/mol. The Kier molecular flexibility index (Phi) is 5.65. The summed E-state index contributed by atoms with van der Waals surface area (Å²) in [6, 6.07) is 6.25. The summed E-state index contributed by atoms with van der Waals surface area (Å²) in [5.41, 5.74) is 5.60. The lowest BCUT2D eigenvalue weighted by atomic mass is 9.98. The van der Waals surface area contributed by atoms with Crippen LogP contribution in [0.3, 0.4) is 0 Å². The van der Waals surface area contributed by atoms with Gasteiger partial charge in [-0.25, -0.2) is 0 Å². The molecule has 8 heteroatoms. The van der Waals surface area contributed by atoms with Gasteiger partial charge in [0.1, 0.15) is 23.7 Å². The van der Waals surface area contributed by atoms with E-state index >= 15 is 0 Å². The van der Waals surface area contributed by atoms with Crippen LogP contribution in [0.4, 0.5) is 5.69 Å². The van der Waals surface area contributed by atoms with E-state index in [0.29, 0.717) is 5.69 Å². The number of hydrogen-bond donors (Lipinski definition) is 5. The molecule has 2 rings (SSSR count). The van der Waals surface area contributed by atoms with Crippen molar-refractivity contribution < 1.29 is 24.9 Å². The molecule has 1 fully saturated rings. The third-order valence-corrected chi connectivity index (χ3v) is 4.56. The molecule has 1 aromatic carbocycles. The van der Waals surface area contributed by atoms with E-state index in [4.69, 9.17) is 10.5 Å². The van der Waals surface area contributed by atoms with Crippen LogP contribution in [-0.4, -0.2) is 57.6 Å². The van der Waals surface area contributed by atoms with E-state index in [-0.39, 0.29) is 5.91 Å². The maximum absolute atomic E-state index is 11.3. The molecule has 0 unspecified atom stereocenters. The lowest BCUT2D eigenvalue weighted by molar-refractivity contribution is -0.173. The number of aliphatic hydroxyl groups excluding tert-OH is 3. The number of hydrogen-bond acceptors (Lipinski definition) is 7. The molecule has 0 aliphatic carbocycles. The molecule has 0 radical (unpaired) electrons. The molecule has 22 heavy (non-hydrogen) atoms. The Morgan fingerprint density at radius 3 is 2.50 bits per heavy atom. The van der Waals surface area contributed by atoms with Crippen molar-refractivity contribution in [2.75, 3.05) is 12.3 Å². The van der Waals surface area contributed by atoms with Crippen molar-refractivity contribution in [2.45, 2.75) is 41.6 Å². The molecule has 0 spiro atoms. The van der Waals surface area contributed by atoms with Crippen molar-refractivity contribution in [1.29, 1.82) is 0 Å². The Labute approximate surface area is 132 Å². The van der Waals surface area contributed by atoms with Gasteiger partial charge in [-0.2, -0.15) is 0 Å². The average molecular weight is 328 g/mol. The standard InChI is InChI=1S/C14H20N2O5S/c1-7(18)16-11-13(20)12(19)10(6-17)21-14(11)22-9-4-2-8(15)3-5-9/h2-5,10-14,17,19-20H,6,15H2,1H3,(H,16,18)/t10-,11+,12-,13-,14+/m1/s1. The first-order valence-corrected chi connectivity index (χ1v) is 7.72. The molecule has 1 aliphatic heterocycles. The second kappa shape index (κ2) is 7.30. The number of nitrogen functional groups attached to an aromatic ring is 1. The Bertz CT molecular complexity index is 512. The van der Waals surface area contributed by atoms with Crippen molar-refractivity contribution in [3.05, 3.63) is 24.3 Å². The van der Waals surface area contributed by atoms with Crippen LogP contribution in [0.2, 0.25) is 0 Å². The predicted octanol–water partition coefficient (Wildman–Crippen LogP) is -0.695. The molecule has 0 aromatic heterocycles. The lowest BCUT2D eigenvalue weighted by Crippen LogP contribution is -2.63. The maximum atomic E-state index is 11.3. The Morgan fingerprint density at radius 1 is 1.32 bits per heavy atom. The number of carbonyl (C=O) groups is 1. The molecule has 0 bridgehead atoms. The highest BCUT2D eigenvalue weighted by Crippen LogP contribution is 2.33. The number of ether oxygens (including phenoxy) is 1. The SMILES string of the molecule is CC(=O)N[C@H]1[C@@H](O)[C@H](O)[C@@H](CO)O[C@H]1Sc1ccc(N)cc1. The molecule has 0 saturated carbocycles. The van der Waals surface area contributed by atoms with Gasteiger partial charge in [-0.3, -0.25) is 4.79 Å². The Morgan fingerprint density at radius 2 is 1.95 bits per heavy atom. The zero-order chi connectivity index (χ0) is 16.3. The highest BCUT2D eigenvalue weighted by Gasteiger charge is 2.45. The third-order valence-electron chi connectivity index (χ3n) is 3.38. The van der Waals surface area contributed by atoms with Gasteiger partial charge >= 0.3 is 0 Å². The van der Waals surface area contributed by atoms with Crippen LogP contribution >= 0.6 is 11.8 Å². The number of nitrogens with one attached hydrogen (secondary N) is 1. The largest absolute Gasteiger partial charge is 0.399 e. The minimum Gasteiger partial charge on any atom is -0.399 e. The van der Waals surface area contributed by atoms with Crippen LogP contribution in [-0.2, 0) is 9.53 Å². The summed E-state index contributed by atoms with van der Waals surface area (Å²) in [6.45, 7) is 0.895. The van der Waals surface area contributed by atoms with Crippen molar-refractivity contribution in [3.63, 3.8) is 0 Å². The number of aliphatic hydroxyl groups is 3. The van der Waals surface area contributed by atoms with Crippen LogP contribution in [0.15, 0.2) is 29.2 Å². The minimum absolute atomic E-state index is 0.342. The first-order valence-electron chi connectivity index (χ1n) is 6.84. The van der Waals surface area contributed by atoms with Gasteiger partial charge in [0, 0.05) is 17.5 Å². The van der Waals surface area contributed by atoms with Gasteiger partial charge in [-0.1, -0.05) is 11.8 Å². The molecular weight excluding hydrogens is 308 g/mol. The zero-order valence-corrected chi connectivity index (χ0v) is 12.9. The quantitative estimate of drug-likeness (QED) is 0.463. The molecule has 122 valence electrons. The number of amides is 1. The van der Waals surface area contributed by atoms with Gasteiger partial charge < -0.3 is 31.1 Å². The van der Waals surface area contributed by atoms with Gasteiger partial charge in [-0.05, 0) is 24.3 Å². The molecule has 6 N–H and O–H groups in total. The summed E-state index contributed by atoms with van der Waals surface area (Å²) in [6.07, 6.45) is -3.42. The molecule has 5 atom stereocenters. The van der Waals surface area contributed by atoms with Crippen LogP contribution in [0.1, 0.15) is 6.92 Å². The summed E-state index contributed by atoms with van der Waals surface area (Å²) in [7, 11) is 0. The average Bonchev–Trinajstić information content (AvgIpc) is 2.48. The summed E-state index contributed by atoms with van der Waals surface area (Å²) < 4.78 is 5.62. The molecular formula is C14H20N2O5S. The fourth-order valence-electron chi connectivity index (χ4n) is 2.25. The number of thioether (sulfide) groups is 1. The van der Waals surface area contributed by atoms with Crippen molar-refractivity contribution in [1.82, 2.24) is 5.32 Å². The van der Waals surface area contributed by atoms with E-state index in [0.717, 1.165) is 4.90 Å². The van der Waals surface area contributed by atoms with Crippen molar-refractivity contribution in [2.24, 2.45) is 0 Å². The van der Waals surface area contributed by atoms with E-state index in [1.165, 1.54) is 18.7 Å². The molecule has 1 amide bonds. The Balaban J connectivity index is 2.18. The first-order chi connectivity index (χ1) is 10.4. The zero-order valence-electron chi connectivity index (χ0n) is 12.0. The second-order valence-corrected chi connectivity index (χ2v) is 6.29. The van der Waals surface area contributed by atoms with Gasteiger partial charge in [0.15, 0.2) is 0 Å². The third kappa shape index (κ3) is 3.90. The van der Waals surface area contributed by atoms with E-state index < -0.39 is 36.4 Å². The van der Waals surface area contributed by atoms with Gasteiger partial charge in [-0.15, -0.1) is 0 Å². The van der Waals surface area contributed by atoms with Gasteiger partial charge in [0.25, 0.3) is 0 Å². The van der Waals surface area contributed by atoms with Gasteiger partial charge in [0.05, 0.1) is 12.6 Å². The summed E-state index contributed by atoms with van der Waals surface area (Å²) in [5.74, 6) is -0.342. The predicted molar refractivity (Wildman–Crippen MR) is 82.1 cm³/mol. The van der Waals surface area contributed by atoms with Gasteiger partial charge in [0.2, 0.25) is 5.91 Å². The number of rotatable bonds is 4. The Hall–Kier alpha value is -1.32. The van der Waals surface area contributed by atoms with Crippen LogP contribution in [0.25, 0.3) is 0 Å². The first kappa shape index (κ1) is 17.0. The smallest absolute Gasteiger partial charge is 0.217 e. The fourth-order valence-corrected chi connectivity index (χ4v) is 3.39. The maximum Gasteiger partial charge on any atom is 0.217 e. The minimum atomic E-state index is -1.27. The highest BCUT2D eigenvalue weighted by molar-refractivity contribution is 7.99. The van der Waals surface area contributed by atoms with E-state index in [1.807, 2.05) is 0 Å².